The number of rotatable bonds is 2. The van der Waals surface area contributed by atoms with Crippen molar-refractivity contribution in [2.75, 3.05) is 7.11 Å². The molecule has 2 aromatic rings. The maximum atomic E-state index is 11.8. The second-order valence-corrected chi connectivity index (χ2v) is 5.55. The fourth-order valence-corrected chi connectivity index (χ4v) is 3.01. The summed E-state index contributed by atoms with van der Waals surface area (Å²) in [6, 6.07) is 0. The normalized spacial score (nSPS) is 10.5. The molecule has 0 radical (unpaired) electrons. The Kier molecular flexibility index (Phi) is 3.82. The number of esters is 1. The van der Waals surface area contributed by atoms with Crippen molar-refractivity contribution in [3.8, 4) is 11.3 Å². The third-order valence-corrected chi connectivity index (χ3v) is 4.59. The van der Waals surface area contributed by atoms with Gasteiger partial charge in [0.15, 0.2) is 0 Å². The molecule has 100 valence electrons. The first-order valence-corrected chi connectivity index (χ1v) is 6.98. The molecule has 0 bridgehead atoms. The topological polar surface area (TPSA) is 55.0 Å². The zero-order valence-electron chi connectivity index (χ0n) is 11.2. The highest BCUT2D eigenvalue weighted by Gasteiger charge is 2.21. The summed E-state index contributed by atoms with van der Waals surface area (Å²) in [5.74, 6) is -0.339. The lowest BCUT2D eigenvalue weighted by Crippen LogP contribution is -2.03. The average molecular weight is 294 g/mol. The van der Waals surface area contributed by atoms with E-state index in [1.54, 1.807) is 0 Å². The van der Waals surface area contributed by atoms with Crippen LogP contribution >= 0.6 is 23.6 Å². The van der Waals surface area contributed by atoms with Crippen molar-refractivity contribution in [2.45, 2.75) is 20.8 Å². The molecule has 2 heterocycles. The Morgan fingerprint density at radius 3 is 2.68 bits per heavy atom. The monoisotopic (exact) mass is 294 g/mol. The highest BCUT2D eigenvalue weighted by Crippen LogP contribution is 2.34. The van der Waals surface area contributed by atoms with Crippen LogP contribution in [0.15, 0.2) is 5.38 Å². The van der Waals surface area contributed by atoms with Gasteiger partial charge in [0.2, 0.25) is 0 Å². The molecule has 2 aromatic heterocycles. The first kappa shape index (κ1) is 13.9. The molecule has 0 unspecified atom stereocenters. The van der Waals surface area contributed by atoms with Crippen molar-refractivity contribution >= 4 is 29.5 Å². The molecular weight excluding hydrogens is 280 g/mol. The summed E-state index contributed by atoms with van der Waals surface area (Å²) in [6.07, 6.45) is 0. The third kappa shape index (κ3) is 2.33. The minimum Gasteiger partial charge on any atom is -0.465 e. The molecule has 0 aliphatic rings. The van der Waals surface area contributed by atoms with Crippen LogP contribution in [0.2, 0.25) is 0 Å². The molecule has 0 saturated heterocycles. The fourth-order valence-electron chi connectivity index (χ4n) is 1.85. The second kappa shape index (κ2) is 5.22. The number of aromatic nitrogens is 2. The number of methoxy groups -OCH3 is 1. The standard InChI is InChI=1S/C13H14N2O2S2/c1-6-5-19-11(13(16)17-4)9(6)10-7(2)8(3)12(18)15-14-10/h5H,1-4H3,(H,15,18). The number of hydrogen-bond donors (Lipinski definition) is 1. The van der Waals surface area contributed by atoms with E-state index < -0.39 is 0 Å². The zero-order chi connectivity index (χ0) is 14.2. The van der Waals surface area contributed by atoms with Gasteiger partial charge >= 0.3 is 5.97 Å². The van der Waals surface area contributed by atoms with Crippen molar-refractivity contribution in [2.24, 2.45) is 0 Å². The highest BCUT2D eigenvalue weighted by atomic mass is 32.1. The van der Waals surface area contributed by atoms with Crippen LogP contribution in [0.5, 0.6) is 0 Å². The van der Waals surface area contributed by atoms with Crippen LogP contribution in [-0.2, 0) is 4.74 Å². The third-order valence-electron chi connectivity index (χ3n) is 3.11. The Morgan fingerprint density at radius 1 is 1.37 bits per heavy atom. The van der Waals surface area contributed by atoms with Crippen molar-refractivity contribution in [3.05, 3.63) is 31.6 Å². The van der Waals surface area contributed by atoms with E-state index in [4.69, 9.17) is 17.0 Å². The van der Waals surface area contributed by atoms with Crippen molar-refractivity contribution in [3.63, 3.8) is 0 Å². The number of carbonyl (C=O) groups is 1. The molecule has 0 aliphatic carbocycles. The van der Waals surface area contributed by atoms with E-state index in [1.165, 1.54) is 18.4 Å². The molecule has 0 fully saturated rings. The molecule has 4 nitrogen and oxygen atoms in total. The maximum Gasteiger partial charge on any atom is 0.348 e. The summed E-state index contributed by atoms with van der Waals surface area (Å²) < 4.78 is 5.44. The Bertz CT molecular complexity index is 701. The van der Waals surface area contributed by atoms with E-state index in [-0.39, 0.29) is 5.97 Å². The number of hydrogen-bond acceptors (Lipinski definition) is 5. The highest BCUT2D eigenvalue weighted by molar-refractivity contribution is 7.71. The number of ether oxygens (including phenoxy) is 1. The van der Waals surface area contributed by atoms with Crippen LogP contribution < -0.4 is 0 Å². The summed E-state index contributed by atoms with van der Waals surface area (Å²) in [5.41, 5.74) is 4.54. The van der Waals surface area contributed by atoms with Gasteiger partial charge in [-0.1, -0.05) is 12.2 Å². The van der Waals surface area contributed by atoms with Crippen molar-refractivity contribution < 1.29 is 9.53 Å². The second-order valence-electron chi connectivity index (χ2n) is 4.27. The molecule has 0 atom stereocenters. The fraction of sp³-hybridized carbons (Fsp3) is 0.308. The summed E-state index contributed by atoms with van der Waals surface area (Å²) in [6.45, 7) is 5.86. The van der Waals surface area contributed by atoms with Crippen LogP contribution in [0.4, 0.5) is 0 Å². The van der Waals surface area contributed by atoms with Gasteiger partial charge in [-0.3, -0.25) is 5.10 Å². The van der Waals surface area contributed by atoms with Crippen LogP contribution in [0.25, 0.3) is 11.3 Å². The van der Waals surface area contributed by atoms with Crippen LogP contribution in [0.1, 0.15) is 26.4 Å². The van der Waals surface area contributed by atoms with E-state index >= 15 is 0 Å². The van der Waals surface area contributed by atoms with Gasteiger partial charge in [-0.25, -0.2) is 4.79 Å². The number of carbonyl (C=O) groups excluding carboxylic acids is 1. The molecule has 0 aromatic carbocycles. The van der Waals surface area contributed by atoms with E-state index in [9.17, 15) is 4.79 Å². The number of thiophene rings is 1. The summed E-state index contributed by atoms with van der Waals surface area (Å²) >= 11 is 6.53. The SMILES string of the molecule is COC(=O)c1scc(C)c1-c1n[nH]c(=S)c(C)c1C. The molecule has 0 spiro atoms. The molecule has 1 N–H and O–H groups in total. The lowest BCUT2D eigenvalue weighted by molar-refractivity contribution is 0.0607. The van der Waals surface area contributed by atoms with E-state index in [1.807, 2.05) is 26.2 Å². The minimum atomic E-state index is -0.339. The van der Waals surface area contributed by atoms with E-state index in [0.29, 0.717) is 9.52 Å². The Hall–Kier alpha value is -1.53. The number of aromatic amines is 1. The number of nitrogens with one attached hydrogen (secondary N) is 1. The van der Waals surface area contributed by atoms with Gasteiger partial charge < -0.3 is 4.74 Å². The van der Waals surface area contributed by atoms with Crippen molar-refractivity contribution in [1.29, 1.82) is 0 Å². The molecule has 2 rings (SSSR count). The summed E-state index contributed by atoms with van der Waals surface area (Å²) in [5, 5.41) is 9.05. The average Bonchev–Trinajstić information content (AvgIpc) is 2.77. The first-order chi connectivity index (χ1) is 8.97. The van der Waals surface area contributed by atoms with Crippen LogP contribution in [-0.4, -0.2) is 23.3 Å². The smallest absolute Gasteiger partial charge is 0.348 e. The molecule has 0 aliphatic heterocycles. The number of nitrogens with zero attached hydrogens (tertiary/aromatic N) is 1. The van der Waals surface area contributed by atoms with Crippen LogP contribution in [0, 0.1) is 25.4 Å². The van der Waals surface area contributed by atoms with Gasteiger partial charge in [0.1, 0.15) is 9.52 Å². The molecule has 19 heavy (non-hydrogen) atoms. The number of aryl methyl sites for hydroxylation is 1. The molecule has 6 heteroatoms. The Balaban J connectivity index is 2.73. The molecule has 0 amide bonds. The van der Waals surface area contributed by atoms with Crippen molar-refractivity contribution in [1.82, 2.24) is 10.2 Å². The summed E-state index contributed by atoms with van der Waals surface area (Å²) in [7, 11) is 1.38. The lowest BCUT2D eigenvalue weighted by Gasteiger charge is -2.09. The number of H-pyrrole nitrogens is 1. The predicted octanol–water partition coefficient (Wildman–Crippen LogP) is 3.58. The molecular formula is C13H14N2O2S2. The minimum absolute atomic E-state index is 0.339. The molecule has 0 saturated carbocycles. The Labute approximate surface area is 120 Å². The van der Waals surface area contributed by atoms with E-state index in [2.05, 4.69) is 10.2 Å². The quantitative estimate of drug-likeness (QED) is 0.679. The van der Waals surface area contributed by atoms with Gasteiger partial charge in [0.05, 0.1) is 12.8 Å². The van der Waals surface area contributed by atoms with E-state index in [0.717, 1.165) is 27.9 Å². The largest absolute Gasteiger partial charge is 0.465 e. The zero-order valence-corrected chi connectivity index (χ0v) is 12.8. The van der Waals surface area contributed by atoms with Gasteiger partial charge in [0.25, 0.3) is 0 Å². The predicted molar refractivity (Wildman–Crippen MR) is 78.3 cm³/mol. The first-order valence-electron chi connectivity index (χ1n) is 5.70. The van der Waals surface area contributed by atoms with Gasteiger partial charge in [-0.2, -0.15) is 5.10 Å². The summed E-state index contributed by atoms with van der Waals surface area (Å²) in [4.78, 5) is 12.4. The van der Waals surface area contributed by atoms with Gasteiger partial charge in [-0.15, -0.1) is 11.3 Å². The van der Waals surface area contributed by atoms with Crippen LogP contribution in [0.3, 0.4) is 0 Å². The lowest BCUT2D eigenvalue weighted by atomic mass is 10.0. The van der Waals surface area contributed by atoms with Gasteiger partial charge in [-0.05, 0) is 42.8 Å². The maximum absolute atomic E-state index is 11.8. The Morgan fingerprint density at radius 2 is 2.05 bits per heavy atom. The van der Waals surface area contributed by atoms with Gasteiger partial charge in [0, 0.05) is 5.56 Å².